The van der Waals surface area contributed by atoms with Crippen LogP contribution in [0.2, 0.25) is 0 Å². The van der Waals surface area contributed by atoms with E-state index in [-0.39, 0.29) is 6.03 Å². The predicted octanol–water partition coefficient (Wildman–Crippen LogP) is 3.29. The number of hydrogen-bond donors (Lipinski definition) is 2. The third-order valence-electron chi connectivity index (χ3n) is 4.66. The number of aryl methyl sites for hydroxylation is 2. The molecule has 0 atom stereocenters. The van der Waals surface area contributed by atoms with Crippen LogP contribution in [-0.4, -0.2) is 27.5 Å². The molecule has 7 nitrogen and oxygen atoms in total. The molecule has 0 unspecified atom stereocenters. The minimum atomic E-state index is -0.261. The Balaban J connectivity index is 1.32. The molecule has 2 aromatic heterocycles. The first-order valence-corrected chi connectivity index (χ1v) is 9.08. The van der Waals surface area contributed by atoms with Crippen molar-refractivity contribution in [3.8, 4) is 11.3 Å². The summed E-state index contributed by atoms with van der Waals surface area (Å²) in [6.45, 7) is 2.52. The van der Waals surface area contributed by atoms with Gasteiger partial charge in [-0.1, -0.05) is 12.1 Å². The largest absolute Gasteiger partial charge is 0.444 e. The fraction of sp³-hybridized carbons (Fsp3) is 0.300. The molecule has 0 fully saturated rings. The van der Waals surface area contributed by atoms with Gasteiger partial charge in [0.05, 0.1) is 6.20 Å². The van der Waals surface area contributed by atoms with Gasteiger partial charge >= 0.3 is 6.03 Å². The summed E-state index contributed by atoms with van der Waals surface area (Å²) in [6, 6.07) is 7.16. The molecule has 0 radical (unpaired) electrons. The molecule has 7 heteroatoms. The highest BCUT2D eigenvalue weighted by atomic mass is 16.3. The summed E-state index contributed by atoms with van der Waals surface area (Å²) in [4.78, 5) is 25.3. The first-order valence-electron chi connectivity index (χ1n) is 9.08. The quantitative estimate of drug-likeness (QED) is 0.725. The fourth-order valence-electron chi connectivity index (χ4n) is 3.37. The van der Waals surface area contributed by atoms with Crippen molar-refractivity contribution in [3.63, 3.8) is 0 Å². The van der Waals surface area contributed by atoms with Gasteiger partial charge in [-0.3, -0.25) is 0 Å². The molecule has 138 valence electrons. The highest BCUT2D eigenvalue weighted by Crippen LogP contribution is 2.23. The number of oxazole rings is 1. The third kappa shape index (κ3) is 3.97. The highest BCUT2D eigenvalue weighted by molar-refractivity contribution is 5.89. The number of carbonyl (C=O) groups is 1. The predicted molar refractivity (Wildman–Crippen MR) is 101 cm³/mol. The molecule has 2 amide bonds. The molecular formula is C20H21N5O2. The Morgan fingerprint density at radius 2 is 2.19 bits per heavy atom. The van der Waals surface area contributed by atoms with Gasteiger partial charge in [0.2, 0.25) is 0 Å². The maximum atomic E-state index is 12.2. The number of hydrogen-bond acceptors (Lipinski definition) is 5. The second kappa shape index (κ2) is 7.57. The maximum absolute atomic E-state index is 12.2. The van der Waals surface area contributed by atoms with E-state index in [0.717, 1.165) is 36.3 Å². The van der Waals surface area contributed by atoms with E-state index in [1.807, 2.05) is 31.2 Å². The van der Waals surface area contributed by atoms with Gasteiger partial charge in [0.25, 0.3) is 0 Å². The number of aromatic nitrogens is 3. The van der Waals surface area contributed by atoms with E-state index in [9.17, 15) is 4.79 Å². The first-order chi connectivity index (χ1) is 13.2. The molecule has 27 heavy (non-hydrogen) atoms. The van der Waals surface area contributed by atoms with Crippen LogP contribution in [-0.2, 0) is 19.3 Å². The van der Waals surface area contributed by atoms with Crippen LogP contribution in [0.3, 0.4) is 0 Å². The van der Waals surface area contributed by atoms with Gasteiger partial charge in [0.1, 0.15) is 5.82 Å². The second-order valence-electron chi connectivity index (χ2n) is 6.58. The van der Waals surface area contributed by atoms with E-state index < -0.39 is 0 Å². The third-order valence-corrected chi connectivity index (χ3v) is 4.66. The summed E-state index contributed by atoms with van der Waals surface area (Å²) < 4.78 is 5.28. The minimum absolute atomic E-state index is 0.261. The van der Waals surface area contributed by atoms with E-state index in [4.69, 9.17) is 4.42 Å². The fourth-order valence-corrected chi connectivity index (χ4v) is 3.37. The van der Waals surface area contributed by atoms with Crippen molar-refractivity contribution >= 4 is 11.7 Å². The summed E-state index contributed by atoms with van der Waals surface area (Å²) >= 11 is 0. The normalized spacial score (nSPS) is 12.6. The summed E-state index contributed by atoms with van der Waals surface area (Å²) in [7, 11) is 0. The first kappa shape index (κ1) is 17.2. The zero-order valence-corrected chi connectivity index (χ0v) is 15.2. The van der Waals surface area contributed by atoms with Crippen molar-refractivity contribution in [1.29, 1.82) is 0 Å². The van der Waals surface area contributed by atoms with Gasteiger partial charge in [-0.15, -0.1) is 0 Å². The summed E-state index contributed by atoms with van der Waals surface area (Å²) in [5, 5.41) is 5.69. The molecule has 2 N–H and O–H groups in total. The van der Waals surface area contributed by atoms with Crippen molar-refractivity contribution < 1.29 is 9.21 Å². The lowest BCUT2D eigenvalue weighted by Gasteiger charge is -2.09. The number of nitrogens with zero attached hydrogens (tertiary/aromatic N) is 3. The molecule has 3 aromatic rings. The molecule has 1 aliphatic rings. The molecule has 1 aromatic carbocycles. The minimum Gasteiger partial charge on any atom is -0.444 e. The molecule has 0 bridgehead atoms. The van der Waals surface area contributed by atoms with Crippen LogP contribution in [0.1, 0.15) is 29.2 Å². The number of benzene rings is 1. The molecule has 1 aliphatic carbocycles. The van der Waals surface area contributed by atoms with Crippen molar-refractivity contribution in [2.24, 2.45) is 0 Å². The standard InChI is InChI=1S/C20H21N5O2/c1-13-16-6-3-7-17(16)25-19(23-13)8-9-22-20(26)24-15-5-2-4-14(10-15)18-11-21-12-27-18/h2,4-5,10-12H,3,6-9H2,1H3,(H2,22,24,26). The van der Waals surface area contributed by atoms with Gasteiger partial charge in [0.15, 0.2) is 12.2 Å². The van der Waals surface area contributed by atoms with Crippen molar-refractivity contribution in [2.75, 3.05) is 11.9 Å². The van der Waals surface area contributed by atoms with Crippen LogP contribution in [0.25, 0.3) is 11.3 Å². The zero-order chi connectivity index (χ0) is 18.6. The van der Waals surface area contributed by atoms with Crippen LogP contribution >= 0.6 is 0 Å². The molecule has 0 aliphatic heterocycles. The average Bonchev–Trinajstić information content (AvgIpc) is 3.34. The van der Waals surface area contributed by atoms with E-state index in [1.165, 1.54) is 17.7 Å². The number of amides is 2. The van der Waals surface area contributed by atoms with Crippen molar-refractivity contribution in [1.82, 2.24) is 20.3 Å². The SMILES string of the molecule is Cc1nc(CCNC(=O)Nc2cccc(-c3cnco3)c2)nc2c1CCC2. The smallest absolute Gasteiger partial charge is 0.319 e. The van der Waals surface area contributed by atoms with E-state index >= 15 is 0 Å². The number of rotatable bonds is 5. The topological polar surface area (TPSA) is 92.9 Å². The Hall–Kier alpha value is -3.22. The molecule has 0 spiro atoms. The molecule has 0 saturated heterocycles. The van der Waals surface area contributed by atoms with Gasteiger partial charge in [-0.25, -0.2) is 19.7 Å². The zero-order valence-electron chi connectivity index (χ0n) is 15.2. The lowest BCUT2D eigenvalue weighted by molar-refractivity contribution is 0.252. The van der Waals surface area contributed by atoms with Crippen molar-refractivity contribution in [3.05, 3.63) is 59.6 Å². The van der Waals surface area contributed by atoms with Gasteiger partial charge in [-0.2, -0.15) is 0 Å². The van der Waals surface area contributed by atoms with Gasteiger partial charge in [0, 0.05) is 35.6 Å². The van der Waals surface area contributed by atoms with Crippen LogP contribution in [0, 0.1) is 6.92 Å². The highest BCUT2D eigenvalue weighted by Gasteiger charge is 2.16. The van der Waals surface area contributed by atoms with Gasteiger partial charge in [-0.05, 0) is 43.9 Å². The summed E-state index contributed by atoms with van der Waals surface area (Å²) in [6.07, 6.45) is 6.89. The molecule has 2 heterocycles. The van der Waals surface area contributed by atoms with E-state index in [1.54, 1.807) is 6.20 Å². The number of urea groups is 1. The van der Waals surface area contributed by atoms with Crippen LogP contribution < -0.4 is 10.6 Å². The molecule has 0 saturated carbocycles. The Kier molecular flexibility index (Phi) is 4.82. The Labute approximate surface area is 157 Å². The Morgan fingerprint density at radius 3 is 3.04 bits per heavy atom. The summed E-state index contributed by atoms with van der Waals surface area (Å²) in [5.41, 5.74) is 5.08. The van der Waals surface area contributed by atoms with E-state index in [2.05, 4.69) is 25.6 Å². The number of anilines is 1. The number of fused-ring (bicyclic) bond motifs is 1. The number of carbonyl (C=O) groups excluding carboxylic acids is 1. The average molecular weight is 363 g/mol. The summed E-state index contributed by atoms with van der Waals surface area (Å²) in [5.74, 6) is 1.45. The lowest BCUT2D eigenvalue weighted by Crippen LogP contribution is -2.30. The van der Waals surface area contributed by atoms with Crippen LogP contribution in [0.4, 0.5) is 10.5 Å². The molecular weight excluding hydrogens is 342 g/mol. The maximum Gasteiger partial charge on any atom is 0.319 e. The number of nitrogens with one attached hydrogen (secondary N) is 2. The molecule has 4 rings (SSSR count). The van der Waals surface area contributed by atoms with Crippen LogP contribution in [0.15, 0.2) is 41.3 Å². The van der Waals surface area contributed by atoms with Crippen LogP contribution in [0.5, 0.6) is 0 Å². The van der Waals surface area contributed by atoms with E-state index in [0.29, 0.717) is 24.4 Å². The Bertz CT molecular complexity index is 953. The monoisotopic (exact) mass is 363 g/mol. The van der Waals surface area contributed by atoms with Crippen molar-refractivity contribution in [2.45, 2.75) is 32.6 Å². The Morgan fingerprint density at radius 1 is 1.26 bits per heavy atom. The lowest BCUT2D eigenvalue weighted by atomic mass is 10.1. The van der Waals surface area contributed by atoms with Gasteiger partial charge < -0.3 is 15.1 Å². The second-order valence-corrected chi connectivity index (χ2v) is 6.58.